The zero-order valence-corrected chi connectivity index (χ0v) is 9.82. The SMILES string of the molecule is CC(C)Oc1cccc2[nH]cc([C@H](C)O)c12. The lowest BCUT2D eigenvalue weighted by Gasteiger charge is -2.12. The predicted octanol–water partition coefficient (Wildman–Crippen LogP) is 3.01. The number of ether oxygens (including phenoxy) is 1. The minimum absolute atomic E-state index is 0.127. The number of H-pyrrole nitrogens is 1. The molecule has 16 heavy (non-hydrogen) atoms. The molecule has 0 radical (unpaired) electrons. The molecule has 0 aliphatic carbocycles. The number of fused-ring (bicyclic) bond motifs is 1. The highest BCUT2D eigenvalue weighted by Gasteiger charge is 2.13. The molecule has 1 aromatic heterocycles. The fourth-order valence-electron chi connectivity index (χ4n) is 1.86. The van der Waals surface area contributed by atoms with Gasteiger partial charge in [0.05, 0.1) is 12.2 Å². The van der Waals surface area contributed by atoms with Gasteiger partial charge < -0.3 is 14.8 Å². The molecule has 3 heteroatoms. The first-order valence-electron chi connectivity index (χ1n) is 5.54. The van der Waals surface area contributed by atoms with E-state index < -0.39 is 6.10 Å². The average molecular weight is 219 g/mol. The third kappa shape index (κ3) is 1.91. The van der Waals surface area contributed by atoms with Gasteiger partial charge in [-0.05, 0) is 32.9 Å². The van der Waals surface area contributed by atoms with Crippen molar-refractivity contribution >= 4 is 10.9 Å². The van der Waals surface area contributed by atoms with E-state index in [4.69, 9.17) is 4.74 Å². The summed E-state index contributed by atoms with van der Waals surface area (Å²) in [6, 6.07) is 5.86. The predicted molar refractivity (Wildman–Crippen MR) is 64.7 cm³/mol. The highest BCUT2D eigenvalue weighted by molar-refractivity contribution is 5.89. The lowest BCUT2D eigenvalue weighted by atomic mass is 10.1. The van der Waals surface area contributed by atoms with Crippen LogP contribution in [0.5, 0.6) is 5.75 Å². The normalized spacial score (nSPS) is 13.3. The molecule has 0 spiro atoms. The van der Waals surface area contributed by atoms with Crippen molar-refractivity contribution in [3.05, 3.63) is 30.0 Å². The Bertz CT molecular complexity index is 486. The van der Waals surface area contributed by atoms with Gasteiger partial charge in [0.25, 0.3) is 0 Å². The summed E-state index contributed by atoms with van der Waals surface area (Å²) >= 11 is 0. The monoisotopic (exact) mass is 219 g/mol. The molecule has 0 unspecified atom stereocenters. The van der Waals surface area contributed by atoms with E-state index in [1.165, 1.54) is 0 Å². The Morgan fingerprint density at radius 3 is 2.62 bits per heavy atom. The van der Waals surface area contributed by atoms with Crippen LogP contribution in [0.4, 0.5) is 0 Å². The van der Waals surface area contributed by atoms with E-state index in [9.17, 15) is 5.11 Å². The lowest BCUT2D eigenvalue weighted by molar-refractivity contribution is 0.200. The van der Waals surface area contributed by atoms with E-state index in [1.54, 1.807) is 6.92 Å². The van der Waals surface area contributed by atoms with Gasteiger partial charge in [-0.25, -0.2) is 0 Å². The van der Waals surface area contributed by atoms with Crippen molar-refractivity contribution < 1.29 is 9.84 Å². The zero-order valence-electron chi connectivity index (χ0n) is 9.82. The topological polar surface area (TPSA) is 45.2 Å². The van der Waals surface area contributed by atoms with Crippen LogP contribution in [0.2, 0.25) is 0 Å². The maximum atomic E-state index is 9.69. The van der Waals surface area contributed by atoms with Crippen molar-refractivity contribution in [2.24, 2.45) is 0 Å². The Morgan fingerprint density at radius 1 is 1.25 bits per heavy atom. The molecule has 86 valence electrons. The molecule has 1 heterocycles. The third-order valence-corrected chi connectivity index (χ3v) is 2.51. The summed E-state index contributed by atoms with van der Waals surface area (Å²) in [7, 11) is 0. The summed E-state index contributed by atoms with van der Waals surface area (Å²) in [5, 5.41) is 10.7. The fraction of sp³-hybridized carbons (Fsp3) is 0.385. The van der Waals surface area contributed by atoms with Gasteiger partial charge in [0.2, 0.25) is 0 Å². The summed E-state index contributed by atoms with van der Waals surface area (Å²) in [6.07, 6.45) is 1.47. The zero-order chi connectivity index (χ0) is 11.7. The maximum Gasteiger partial charge on any atom is 0.129 e. The van der Waals surface area contributed by atoms with E-state index in [2.05, 4.69) is 4.98 Å². The Balaban J connectivity index is 2.59. The Hall–Kier alpha value is -1.48. The molecule has 0 saturated heterocycles. The van der Waals surface area contributed by atoms with Crippen molar-refractivity contribution in [1.82, 2.24) is 4.98 Å². The number of aromatic amines is 1. The summed E-state index contributed by atoms with van der Waals surface area (Å²) in [6.45, 7) is 5.75. The second kappa shape index (κ2) is 4.18. The second-order valence-electron chi connectivity index (χ2n) is 4.27. The fourth-order valence-corrected chi connectivity index (χ4v) is 1.86. The highest BCUT2D eigenvalue weighted by atomic mass is 16.5. The van der Waals surface area contributed by atoms with E-state index in [1.807, 2.05) is 38.2 Å². The van der Waals surface area contributed by atoms with Crippen molar-refractivity contribution in [1.29, 1.82) is 0 Å². The number of aliphatic hydroxyl groups excluding tert-OH is 1. The van der Waals surface area contributed by atoms with Crippen LogP contribution in [0.1, 0.15) is 32.4 Å². The van der Waals surface area contributed by atoms with Crippen LogP contribution in [0.3, 0.4) is 0 Å². The van der Waals surface area contributed by atoms with E-state index >= 15 is 0 Å². The molecule has 2 aromatic rings. The molecule has 2 rings (SSSR count). The van der Waals surface area contributed by atoms with E-state index in [-0.39, 0.29) is 6.10 Å². The van der Waals surface area contributed by atoms with Crippen LogP contribution < -0.4 is 4.74 Å². The van der Waals surface area contributed by atoms with Gasteiger partial charge in [0.1, 0.15) is 5.75 Å². The first-order valence-corrected chi connectivity index (χ1v) is 5.54. The number of aliphatic hydroxyl groups is 1. The summed E-state index contributed by atoms with van der Waals surface area (Å²) in [4.78, 5) is 3.14. The summed E-state index contributed by atoms with van der Waals surface area (Å²) < 4.78 is 5.75. The van der Waals surface area contributed by atoms with E-state index in [0.29, 0.717) is 0 Å². The molecular weight excluding hydrogens is 202 g/mol. The highest BCUT2D eigenvalue weighted by Crippen LogP contribution is 2.32. The summed E-state index contributed by atoms with van der Waals surface area (Å²) in [5.74, 6) is 0.824. The van der Waals surface area contributed by atoms with Crippen LogP contribution in [0.25, 0.3) is 10.9 Å². The molecule has 0 bridgehead atoms. The Morgan fingerprint density at radius 2 is 2.00 bits per heavy atom. The van der Waals surface area contributed by atoms with Crippen LogP contribution >= 0.6 is 0 Å². The molecule has 1 aromatic carbocycles. The van der Waals surface area contributed by atoms with Crippen molar-refractivity contribution in [2.45, 2.75) is 33.0 Å². The molecule has 0 amide bonds. The van der Waals surface area contributed by atoms with Crippen molar-refractivity contribution in [3.63, 3.8) is 0 Å². The number of hydrogen-bond acceptors (Lipinski definition) is 2. The first kappa shape index (κ1) is 11.0. The van der Waals surface area contributed by atoms with Crippen LogP contribution in [0, 0.1) is 0 Å². The average Bonchev–Trinajstić information content (AvgIpc) is 2.61. The third-order valence-electron chi connectivity index (χ3n) is 2.51. The largest absolute Gasteiger partial charge is 0.490 e. The second-order valence-corrected chi connectivity index (χ2v) is 4.27. The smallest absolute Gasteiger partial charge is 0.129 e. The minimum Gasteiger partial charge on any atom is -0.490 e. The van der Waals surface area contributed by atoms with Crippen molar-refractivity contribution in [3.8, 4) is 5.75 Å². The molecule has 3 nitrogen and oxygen atoms in total. The van der Waals surface area contributed by atoms with Gasteiger partial charge in [-0.1, -0.05) is 6.07 Å². The van der Waals surface area contributed by atoms with E-state index in [0.717, 1.165) is 22.2 Å². The van der Waals surface area contributed by atoms with Crippen LogP contribution in [-0.4, -0.2) is 16.2 Å². The number of hydrogen-bond donors (Lipinski definition) is 2. The van der Waals surface area contributed by atoms with Crippen LogP contribution in [-0.2, 0) is 0 Å². The standard InChI is InChI=1S/C13H17NO2/c1-8(2)16-12-6-4-5-11-13(12)10(7-14-11)9(3)15/h4-9,14-15H,1-3H3/t9-/m0/s1. The molecule has 0 fully saturated rings. The van der Waals surface area contributed by atoms with Crippen LogP contribution in [0.15, 0.2) is 24.4 Å². The number of aromatic nitrogens is 1. The summed E-state index contributed by atoms with van der Waals surface area (Å²) in [5.41, 5.74) is 1.88. The Kier molecular flexibility index (Phi) is 2.88. The number of benzene rings is 1. The molecule has 0 saturated carbocycles. The van der Waals surface area contributed by atoms with Gasteiger partial charge in [0, 0.05) is 22.7 Å². The van der Waals surface area contributed by atoms with Gasteiger partial charge in [0.15, 0.2) is 0 Å². The maximum absolute atomic E-state index is 9.69. The van der Waals surface area contributed by atoms with Gasteiger partial charge in [-0.3, -0.25) is 0 Å². The molecular formula is C13H17NO2. The molecule has 0 aliphatic rings. The number of nitrogens with one attached hydrogen (secondary N) is 1. The lowest BCUT2D eigenvalue weighted by Crippen LogP contribution is -2.06. The minimum atomic E-state index is -0.495. The van der Waals surface area contributed by atoms with Gasteiger partial charge >= 0.3 is 0 Å². The quantitative estimate of drug-likeness (QED) is 0.833. The van der Waals surface area contributed by atoms with Crippen molar-refractivity contribution in [2.75, 3.05) is 0 Å². The Labute approximate surface area is 95.1 Å². The molecule has 2 N–H and O–H groups in total. The number of rotatable bonds is 3. The molecule has 0 aliphatic heterocycles. The van der Waals surface area contributed by atoms with Gasteiger partial charge in [-0.15, -0.1) is 0 Å². The first-order chi connectivity index (χ1) is 7.59. The van der Waals surface area contributed by atoms with Gasteiger partial charge in [-0.2, -0.15) is 0 Å². The molecule has 1 atom stereocenters.